The third kappa shape index (κ3) is 3.99. The van der Waals surface area contributed by atoms with Gasteiger partial charge in [0, 0.05) is 42.4 Å². The molecule has 27 heavy (non-hydrogen) atoms. The fraction of sp³-hybridized carbons (Fsp3) is 0.409. The van der Waals surface area contributed by atoms with Gasteiger partial charge in [-0.2, -0.15) is 0 Å². The predicted molar refractivity (Wildman–Crippen MR) is 114 cm³/mol. The summed E-state index contributed by atoms with van der Waals surface area (Å²) in [5.74, 6) is 0.101. The van der Waals surface area contributed by atoms with Crippen LogP contribution in [0.2, 0.25) is 0 Å². The molecule has 2 heterocycles. The van der Waals surface area contributed by atoms with Crippen molar-refractivity contribution in [1.82, 2.24) is 4.90 Å². The van der Waals surface area contributed by atoms with Crippen molar-refractivity contribution in [3.63, 3.8) is 0 Å². The Kier molecular flexibility index (Phi) is 5.41. The lowest BCUT2D eigenvalue weighted by molar-refractivity contribution is -0.115. The molecule has 1 amide bonds. The number of hydrogen-bond donors (Lipinski definition) is 1. The van der Waals surface area contributed by atoms with E-state index in [-0.39, 0.29) is 11.2 Å². The largest absolute Gasteiger partial charge is 0.369 e. The molecule has 2 aromatic rings. The maximum absolute atomic E-state index is 12.7. The molecule has 1 fully saturated rings. The van der Waals surface area contributed by atoms with Gasteiger partial charge in [0.1, 0.15) is 0 Å². The molecule has 1 atom stereocenters. The van der Waals surface area contributed by atoms with Gasteiger partial charge in [0.15, 0.2) is 0 Å². The summed E-state index contributed by atoms with van der Waals surface area (Å²) in [6.45, 7) is 9.80. The van der Waals surface area contributed by atoms with E-state index in [0.717, 1.165) is 50.4 Å². The van der Waals surface area contributed by atoms with Crippen LogP contribution in [0.3, 0.4) is 0 Å². The highest BCUT2D eigenvalue weighted by Gasteiger charge is 2.28. The number of anilines is 2. The molecule has 0 aliphatic carbocycles. The minimum absolute atomic E-state index is 0.0383. The zero-order valence-electron chi connectivity index (χ0n) is 16.1. The van der Waals surface area contributed by atoms with Crippen LogP contribution in [0.25, 0.3) is 0 Å². The summed E-state index contributed by atoms with van der Waals surface area (Å²) in [4.78, 5) is 18.9. The second-order valence-corrected chi connectivity index (χ2v) is 8.57. The molecule has 2 aromatic carbocycles. The van der Waals surface area contributed by atoms with E-state index in [1.165, 1.54) is 16.1 Å². The first-order valence-corrected chi connectivity index (χ1v) is 10.7. The van der Waals surface area contributed by atoms with Gasteiger partial charge in [0.05, 0.1) is 5.25 Å². The van der Waals surface area contributed by atoms with Gasteiger partial charge in [-0.25, -0.2) is 0 Å². The number of amides is 1. The zero-order valence-corrected chi connectivity index (χ0v) is 16.9. The number of carbonyl (C=O) groups is 1. The number of benzene rings is 2. The summed E-state index contributed by atoms with van der Waals surface area (Å²) >= 11 is 1.67. The lowest BCUT2D eigenvalue weighted by atomic mass is 10.1. The molecule has 1 saturated heterocycles. The van der Waals surface area contributed by atoms with E-state index in [9.17, 15) is 4.79 Å². The molecule has 2 aliphatic heterocycles. The Hall–Kier alpha value is -1.98. The monoisotopic (exact) mass is 381 g/mol. The van der Waals surface area contributed by atoms with Crippen LogP contribution in [-0.4, -0.2) is 48.8 Å². The van der Waals surface area contributed by atoms with Gasteiger partial charge in [0.25, 0.3) is 0 Å². The summed E-state index contributed by atoms with van der Waals surface area (Å²) in [5.41, 5.74) is 4.58. The van der Waals surface area contributed by atoms with Crippen LogP contribution in [0.15, 0.2) is 47.4 Å². The van der Waals surface area contributed by atoms with E-state index in [0.29, 0.717) is 0 Å². The normalized spacial score (nSPS) is 19.8. The lowest BCUT2D eigenvalue weighted by Gasteiger charge is -2.35. The van der Waals surface area contributed by atoms with Crippen LogP contribution in [-0.2, 0) is 11.2 Å². The Morgan fingerprint density at radius 2 is 1.93 bits per heavy atom. The Bertz CT molecular complexity index is 805. The molecule has 0 bridgehead atoms. The Balaban J connectivity index is 1.39. The molecular weight excluding hydrogens is 354 g/mol. The number of nitrogens with zero attached hydrogens (tertiary/aromatic N) is 2. The van der Waals surface area contributed by atoms with Gasteiger partial charge in [-0.1, -0.05) is 25.1 Å². The van der Waals surface area contributed by atoms with Crippen molar-refractivity contribution in [2.75, 3.05) is 42.9 Å². The number of aryl methyl sites for hydroxylation is 1. The molecule has 0 spiro atoms. The molecule has 4 nitrogen and oxygen atoms in total. The molecule has 0 aromatic heterocycles. The summed E-state index contributed by atoms with van der Waals surface area (Å²) in [6, 6.07) is 14.7. The average Bonchev–Trinajstić information content (AvgIpc) is 3.14. The number of nitrogens with one attached hydrogen (secondary N) is 1. The van der Waals surface area contributed by atoms with Crippen LogP contribution in [0.5, 0.6) is 0 Å². The highest BCUT2D eigenvalue weighted by molar-refractivity contribution is 8.01. The van der Waals surface area contributed by atoms with Gasteiger partial charge in [-0.05, 0) is 55.3 Å². The van der Waals surface area contributed by atoms with Crippen molar-refractivity contribution in [1.29, 1.82) is 0 Å². The molecular formula is C22H27N3OS. The predicted octanol–water partition coefficient (Wildman–Crippen LogP) is 3.79. The minimum atomic E-state index is -0.0383. The van der Waals surface area contributed by atoms with Crippen LogP contribution in [0.4, 0.5) is 11.4 Å². The molecule has 2 aliphatic rings. The standard InChI is InChI=1S/C22H27N3OS/c1-3-24-10-12-25(13-11-24)18-8-9-19(16(2)14-18)23-22(26)21-15-17-6-4-5-7-20(17)27-21/h4-9,14,21H,3,10-13,15H2,1-2H3,(H,23,26). The van der Waals surface area contributed by atoms with Crippen LogP contribution < -0.4 is 10.2 Å². The Labute approximate surface area is 165 Å². The van der Waals surface area contributed by atoms with Crippen LogP contribution >= 0.6 is 11.8 Å². The van der Waals surface area contributed by atoms with E-state index in [4.69, 9.17) is 0 Å². The highest BCUT2D eigenvalue weighted by Crippen LogP contribution is 2.37. The molecule has 1 N–H and O–H groups in total. The van der Waals surface area contributed by atoms with Gasteiger partial charge in [-0.3, -0.25) is 4.79 Å². The summed E-state index contributed by atoms with van der Waals surface area (Å²) in [5, 5.41) is 3.11. The van der Waals surface area contributed by atoms with Crippen LogP contribution in [0.1, 0.15) is 18.1 Å². The quantitative estimate of drug-likeness (QED) is 0.874. The second-order valence-electron chi connectivity index (χ2n) is 7.33. The van der Waals surface area contributed by atoms with E-state index in [1.807, 2.05) is 12.1 Å². The summed E-state index contributed by atoms with van der Waals surface area (Å²) in [7, 11) is 0. The molecule has 0 saturated carbocycles. The van der Waals surface area contributed by atoms with Crippen molar-refractivity contribution < 1.29 is 4.79 Å². The lowest BCUT2D eigenvalue weighted by Crippen LogP contribution is -2.46. The number of thioether (sulfide) groups is 1. The van der Waals surface area contributed by atoms with E-state index in [1.54, 1.807) is 11.8 Å². The van der Waals surface area contributed by atoms with Crippen molar-refractivity contribution in [2.24, 2.45) is 0 Å². The number of piperazine rings is 1. The van der Waals surface area contributed by atoms with Crippen molar-refractivity contribution in [3.05, 3.63) is 53.6 Å². The first kappa shape index (κ1) is 18.4. The fourth-order valence-electron chi connectivity index (χ4n) is 3.85. The fourth-order valence-corrected chi connectivity index (χ4v) is 5.04. The van der Waals surface area contributed by atoms with Gasteiger partial charge < -0.3 is 15.1 Å². The third-order valence-corrected chi connectivity index (χ3v) is 6.91. The third-order valence-electron chi connectivity index (χ3n) is 5.59. The van der Waals surface area contributed by atoms with E-state index >= 15 is 0 Å². The van der Waals surface area contributed by atoms with Crippen molar-refractivity contribution in [3.8, 4) is 0 Å². The number of likely N-dealkylation sites (N-methyl/N-ethyl adjacent to an activating group) is 1. The SMILES string of the molecule is CCN1CCN(c2ccc(NC(=O)C3Cc4ccccc4S3)c(C)c2)CC1. The molecule has 4 rings (SSSR count). The number of rotatable bonds is 4. The van der Waals surface area contributed by atoms with E-state index < -0.39 is 0 Å². The topological polar surface area (TPSA) is 35.6 Å². The van der Waals surface area contributed by atoms with Gasteiger partial charge >= 0.3 is 0 Å². The maximum Gasteiger partial charge on any atom is 0.238 e. The van der Waals surface area contributed by atoms with Crippen molar-refractivity contribution in [2.45, 2.75) is 30.4 Å². The number of carbonyl (C=O) groups excluding carboxylic acids is 1. The Morgan fingerprint density at radius 1 is 1.15 bits per heavy atom. The summed E-state index contributed by atoms with van der Waals surface area (Å²) in [6.07, 6.45) is 0.811. The van der Waals surface area contributed by atoms with Crippen molar-refractivity contribution >= 4 is 29.0 Å². The first-order valence-electron chi connectivity index (χ1n) is 9.77. The number of hydrogen-bond acceptors (Lipinski definition) is 4. The molecule has 0 radical (unpaired) electrons. The summed E-state index contributed by atoms with van der Waals surface area (Å²) < 4.78 is 0. The van der Waals surface area contributed by atoms with Gasteiger partial charge in [0.2, 0.25) is 5.91 Å². The zero-order chi connectivity index (χ0) is 18.8. The highest BCUT2D eigenvalue weighted by atomic mass is 32.2. The Morgan fingerprint density at radius 3 is 2.63 bits per heavy atom. The number of fused-ring (bicyclic) bond motifs is 1. The maximum atomic E-state index is 12.7. The molecule has 5 heteroatoms. The smallest absolute Gasteiger partial charge is 0.238 e. The van der Waals surface area contributed by atoms with E-state index in [2.05, 4.69) is 59.3 Å². The van der Waals surface area contributed by atoms with Gasteiger partial charge in [-0.15, -0.1) is 11.8 Å². The molecule has 142 valence electrons. The second kappa shape index (κ2) is 7.95. The average molecular weight is 382 g/mol. The minimum Gasteiger partial charge on any atom is -0.369 e. The first-order chi connectivity index (χ1) is 13.1. The van der Waals surface area contributed by atoms with Crippen LogP contribution in [0, 0.1) is 6.92 Å². The molecule has 1 unspecified atom stereocenters.